The number of rotatable bonds is 2. The fourth-order valence-electron chi connectivity index (χ4n) is 8.67. The zero-order valence-electron chi connectivity index (χ0n) is 14.8. The normalized spacial score (nSPS) is 56.5. The zero-order chi connectivity index (χ0) is 15.8. The second-order valence-corrected chi connectivity index (χ2v) is 10.5. The molecule has 0 radical (unpaired) electrons. The highest BCUT2D eigenvalue weighted by atomic mass is 16.2. The summed E-state index contributed by atoms with van der Waals surface area (Å²) in [6.07, 6.45) is 14.1. The molecule has 2 N–H and O–H groups in total. The predicted octanol–water partition coefficient (Wildman–Crippen LogP) is 3.94. The van der Waals surface area contributed by atoms with Crippen LogP contribution in [0.2, 0.25) is 0 Å². The number of carbonyl (C=O) groups is 1. The van der Waals surface area contributed by atoms with Crippen LogP contribution in [0, 0.1) is 47.3 Å². The smallest absolute Gasteiger partial charge is 0.315 e. The van der Waals surface area contributed by atoms with E-state index in [4.69, 9.17) is 0 Å². The van der Waals surface area contributed by atoms with Gasteiger partial charge in [-0.2, -0.15) is 0 Å². The third kappa shape index (κ3) is 2.18. The Kier molecular flexibility index (Phi) is 3.09. The molecule has 0 atom stereocenters. The molecule has 0 unspecified atom stereocenters. The van der Waals surface area contributed by atoms with Crippen LogP contribution >= 0.6 is 0 Å². The van der Waals surface area contributed by atoms with Crippen molar-refractivity contribution in [2.75, 3.05) is 0 Å². The lowest BCUT2D eigenvalue weighted by Gasteiger charge is -2.55. The maximum Gasteiger partial charge on any atom is 0.315 e. The summed E-state index contributed by atoms with van der Waals surface area (Å²) in [5.41, 5.74) is 0. The van der Waals surface area contributed by atoms with Crippen LogP contribution in [0.5, 0.6) is 0 Å². The summed E-state index contributed by atoms with van der Waals surface area (Å²) in [7, 11) is 0. The first-order chi connectivity index (χ1) is 11.7. The van der Waals surface area contributed by atoms with Crippen molar-refractivity contribution in [3.8, 4) is 0 Å². The molecule has 0 heterocycles. The first kappa shape index (κ1) is 14.4. The molecule has 0 aromatic rings. The molecule has 3 nitrogen and oxygen atoms in total. The van der Waals surface area contributed by atoms with E-state index in [2.05, 4.69) is 10.6 Å². The number of amides is 2. The molecular weight excluding hydrogens is 296 g/mol. The van der Waals surface area contributed by atoms with Crippen LogP contribution in [0.15, 0.2) is 0 Å². The van der Waals surface area contributed by atoms with E-state index in [0.717, 1.165) is 47.3 Å². The van der Waals surface area contributed by atoms with E-state index in [-0.39, 0.29) is 6.03 Å². The summed E-state index contributed by atoms with van der Waals surface area (Å²) in [5.74, 6) is 7.07. The topological polar surface area (TPSA) is 41.1 Å². The van der Waals surface area contributed by atoms with Gasteiger partial charge in [-0.25, -0.2) is 4.79 Å². The molecule has 3 heteroatoms. The van der Waals surface area contributed by atoms with Gasteiger partial charge in [-0.1, -0.05) is 0 Å². The third-order valence-corrected chi connectivity index (χ3v) is 9.05. The van der Waals surface area contributed by atoms with Gasteiger partial charge < -0.3 is 10.6 Å². The highest BCUT2D eigenvalue weighted by Gasteiger charge is 2.50. The van der Waals surface area contributed by atoms with Gasteiger partial charge in [0.1, 0.15) is 0 Å². The minimum Gasteiger partial charge on any atom is -0.335 e. The average Bonchev–Trinajstić information content (AvgIpc) is 2.53. The summed E-state index contributed by atoms with van der Waals surface area (Å²) in [6, 6.07) is 1.13. The molecule has 0 spiro atoms. The number of hydrogen-bond acceptors (Lipinski definition) is 1. The van der Waals surface area contributed by atoms with E-state index < -0.39 is 0 Å². The van der Waals surface area contributed by atoms with Crippen molar-refractivity contribution in [1.82, 2.24) is 10.6 Å². The molecule has 132 valence electrons. The number of urea groups is 1. The van der Waals surface area contributed by atoms with Crippen LogP contribution in [0.4, 0.5) is 4.79 Å². The molecule has 0 aromatic heterocycles. The van der Waals surface area contributed by atoms with Crippen LogP contribution in [-0.4, -0.2) is 18.1 Å². The van der Waals surface area contributed by atoms with Gasteiger partial charge in [0.25, 0.3) is 0 Å². The minimum absolute atomic E-state index is 0.171. The van der Waals surface area contributed by atoms with Crippen LogP contribution in [0.25, 0.3) is 0 Å². The lowest BCUT2D eigenvalue weighted by Crippen LogP contribution is -2.61. The molecule has 0 saturated heterocycles. The number of carbonyl (C=O) groups excluding carboxylic acids is 1. The Labute approximate surface area is 145 Å². The molecular formula is C21H32N2O. The van der Waals surface area contributed by atoms with E-state index in [1.165, 1.54) is 64.2 Å². The Morgan fingerprint density at radius 3 is 1.08 bits per heavy atom. The van der Waals surface area contributed by atoms with Gasteiger partial charge in [-0.15, -0.1) is 0 Å². The van der Waals surface area contributed by atoms with Crippen molar-refractivity contribution in [2.45, 2.75) is 76.3 Å². The average molecular weight is 329 g/mol. The first-order valence-electron chi connectivity index (χ1n) is 10.8. The van der Waals surface area contributed by atoms with Gasteiger partial charge in [-0.3, -0.25) is 0 Å². The zero-order valence-corrected chi connectivity index (χ0v) is 14.8. The van der Waals surface area contributed by atoms with E-state index in [9.17, 15) is 4.79 Å². The second-order valence-electron chi connectivity index (χ2n) is 10.5. The Hall–Kier alpha value is -0.730. The van der Waals surface area contributed by atoms with Crippen molar-refractivity contribution < 1.29 is 4.79 Å². The maximum absolute atomic E-state index is 12.8. The lowest BCUT2D eigenvalue weighted by atomic mass is 9.54. The highest BCUT2D eigenvalue weighted by molar-refractivity contribution is 5.74. The standard InChI is InChI=1S/C21H32N2O/c24-21(22-19-15-3-11-1-12(5-15)6-16(19)4-11)23-20-17-7-13-2-14(9-17)10-18(20)8-13/h11-20H,1-10H2,(H2,22,23,24). The molecule has 8 bridgehead atoms. The van der Waals surface area contributed by atoms with Gasteiger partial charge in [0.05, 0.1) is 0 Å². The minimum atomic E-state index is 0.171. The lowest BCUT2D eigenvalue weighted by molar-refractivity contribution is -0.0169. The predicted molar refractivity (Wildman–Crippen MR) is 93.3 cm³/mol. The van der Waals surface area contributed by atoms with Crippen LogP contribution < -0.4 is 10.6 Å². The largest absolute Gasteiger partial charge is 0.335 e. The van der Waals surface area contributed by atoms with Crippen molar-refractivity contribution in [1.29, 1.82) is 0 Å². The molecule has 8 fully saturated rings. The Morgan fingerprint density at radius 2 is 0.792 bits per heavy atom. The Morgan fingerprint density at radius 1 is 0.500 bits per heavy atom. The molecule has 24 heavy (non-hydrogen) atoms. The van der Waals surface area contributed by atoms with Gasteiger partial charge >= 0.3 is 6.03 Å². The first-order valence-corrected chi connectivity index (χ1v) is 10.8. The summed E-state index contributed by atoms with van der Waals surface area (Å²) >= 11 is 0. The van der Waals surface area contributed by atoms with Crippen LogP contribution in [0.3, 0.4) is 0 Å². The fourth-order valence-corrected chi connectivity index (χ4v) is 8.67. The molecule has 8 rings (SSSR count). The monoisotopic (exact) mass is 328 g/mol. The number of nitrogens with one attached hydrogen (secondary N) is 2. The Balaban J connectivity index is 1.12. The molecule has 2 amide bonds. The maximum atomic E-state index is 12.8. The van der Waals surface area contributed by atoms with Gasteiger partial charge in [0.15, 0.2) is 0 Å². The summed E-state index contributed by atoms with van der Waals surface area (Å²) < 4.78 is 0. The summed E-state index contributed by atoms with van der Waals surface area (Å²) in [4.78, 5) is 12.8. The molecule has 0 aliphatic heterocycles. The molecule has 8 aliphatic carbocycles. The summed E-state index contributed by atoms with van der Waals surface area (Å²) in [6.45, 7) is 0. The van der Waals surface area contributed by atoms with E-state index in [1.807, 2.05) is 0 Å². The molecule has 8 aliphatic rings. The van der Waals surface area contributed by atoms with E-state index in [1.54, 1.807) is 0 Å². The van der Waals surface area contributed by atoms with Gasteiger partial charge in [0, 0.05) is 12.1 Å². The van der Waals surface area contributed by atoms with Crippen molar-refractivity contribution in [3.05, 3.63) is 0 Å². The van der Waals surface area contributed by atoms with Crippen LogP contribution in [-0.2, 0) is 0 Å². The Bertz CT molecular complexity index is 442. The molecule has 8 saturated carbocycles. The number of hydrogen-bond donors (Lipinski definition) is 2. The second kappa shape index (κ2) is 5.14. The van der Waals surface area contributed by atoms with Crippen LogP contribution in [0.1, 0.15) is 64.2 Å². The van der Waals surface area contributed by atoms with E-state index >= 15 is 0 Å². The van der Waals surface area contributed by atoms with Crippen molar-refractivity contribution >= 4 is 6.03 Å². The summed E-state index contributed by atoms with van der Waals surface area (Å²) in [5, 5.41) is 6.94. The fraction of sp³-hybridized carbons (Fsp3) is 0.952. The SMILES string of the molecule is O=C(NC1C2CC3CC(C2)CC1C3)NC1C2CC3CC(C2)CC1C3. The van der Waals surface area contributed by atoms with Gasteiger partial charge in [0.2, 0.25) is 0 Å². The third-order valence-electron chi connectivity index (χ3n) is 9.05. The van der Waals surface area contributed by atoms with Crippen molar-refractivity contribution in [3.63, 3.8) is 0 Å². The molecule has 0 aromatic carbocycles. The van der Waals surface area contributed by atoms with E-state index in [0.29, 0.717) is 12.1 Å². The quantitative estimate of drug-likeness (QED) is 0.792. The van der Waals surface area contributed by atoms with Gasteiger partial charge in [-0.05, 0) is 112 Å². The van der Waals surface area contributed by atoms with Crippen molar-refractivity contribution in [2.24, 2.45) is 47.3 Å². The highest BCUT2D eigenvalue weighted by Crippen LogP contribution is 2.55.